The van der Waals surface area contributed by atoms with E-state index in [1.165, 1.54) is 5.56 Å². The number of hydrogen-bond acceptors (Lipinski definition) is 6. The Kier molecular flexibility index (Phi) is 5.33. The quantitative estimate of drug-likeness (QED) is 0.816. The van der Waals surface area contributed by atoms with Crippen molar-refractivity contribution in [3.63, 3.8) is 0 Å². The zero-order valence-corrected chi connectivity index (χ0v) is 17.5. The third kappa shape index (κ3) is 3.76. The molecule has 3 heterocycles. The highest BCUT2D eigenvalue weighted by Crippen LogP contribution is 2.50. The van der Waals surface area contributed by atoms with Crippen LogP contribution in [0.3, 0.4) is 0 Å². The van der Waals surface area contributed by atoms with Gasteiger partial charge in [0.15, 0.2) is 5.82 Å². The summed E-state index contributed by atoms with van der Waals surface area (Å²) in [5, 5.41) is 7.42. The highest BCUT2D eigenvalue weighted by molar-refractivity contribution is 5.79. The molecule has 2 aliphatic heterocycles. The maximum Gasteiger partial charge on any atom is 0.234 e. The van der Waals surface area contributed by atoms with Gasteiger partial charge in [-0.05, 0) is 44.1 Å². The molecule has 1 aromatic heterocycles. The first kappa shape index (κ1) is 19.7. The van der Waals surface area contributed by atoms with Crippen molar-refractivity contribution in [2.24, 2.45) is 11.8 Å². The lowest BCUT2D eigenvalue weighted by atomic mass is 9.80. The summed E-state index contributed by atoms with van der Waals surface area (Å²) in [5.74, 6) is 2.08. The van der Waals surface area contributed by atoms with Crippen LogP contribution in [0.25, 0.3) is 0 Å². The molecule has 1 aliphatic carbocycles. The van der Waals surface area contributed by atoms with Gasteiger partial charge in [0.1, 0.15) is 0 Å². The average Bonchev–Trinajstić information content (AvgIpc) is 3.42. The van der Waals surface area contributed by atoms with Gasteiger partial charge in [-0.2, -0.15) is 4.98 Å². The smallest absolute Gasteiger partial charge is 0.234 e. The number of rotatable bonds is 5. The SMILES string of the molecule is Cc1noc(C23CC(NC(=O)C4CCOCC4)CC2CN(Cc2ccccc2)C3)n1. The number of aromatic nitrogens is 2. The second-order valence-corrected chi connectivity index (χ2v) is 9.19. The summed E-state index contributed by atoms with van der Waals surface area (Å²) in [6.07, 6.45) is 3.46. The second kappa shape index (κ2) is 8.12. The van der Waals surface area contributed by atoms with Crippen LogP contribution in [-0.2, 0) is 21.5 Å². The van der Waals surface area contributed by atoms with Crippen molar-refractivity contribution in [3.05, 3.63) is 47.6 Å². The zero-order chi connectivity index (χ0) is 20.6. The summed E-state index contributed by atoms with van der Waals surface area (Å²) < 4.78 is 11.1. The molecule has 7 nitrogen and oxygen atoms in total. The van der Waals surface area contributed by atoms with Crippen LogP contribution in [0, 0.1) is 18.8 Å². The Hall–Kier alpha value is -2.25. The van der Waals surface area contributed by atoms with Crippen molar-refractivity contribution < 1.29 is 14.1 Å². The molecule has 2 aromatic rings. The van der Waals surface area contributed by atoms with Crippen LogP contribution in [-0.4, -0.2) is 53.3 Å². The molecule has 30 heavy (non-hydrogen) atoms. The summed E-state index contributed by atoms with van der Waals surface area (Å²) in [6, 6.07) is 10.7. The lowest BCUT2D eigenvalue weighted by molar-refractivity contribution is -0.128. The van der Waals surface area contributed by atoms with E-state index >= 15 is 0 Å². The molecule has 0 bridgehead atoms. The summed E-state index contributed by atoms with van der Waals surface area (Å²) in [7, 11) is 0. The number of ether oxygens (including phenoxy) is 1. The van der Waals surface area contributed by atoms with E-state index in [-0.39, 0.29) is 23.3 Å². The summed E-state index contributed by atoms with van der Waals surface area (Å²) in [5.41, 5.74) is 1.14. The van der Waals surface area contributed by atoms with Crippen LogP contribution in [0.15, 0.2) is 34.9 Å². The molecule has 1 saturated carbocycles. The minimum absolute atomic E-state index is 0.0790. The second-order valence-electron chi connectivity index (χ2n) is 9.19. The highest BCUT2D eigenvalue weighted by Gasteiger charge is 2.57. The van der Waals surface area contributed by atoms with Crippen molar-refractivity contribution in [3.8, 4) is 0 Å². The molecule has 2 saturated heterocycles. The minimum atomic E-state index is -0.177. The van der Waals surface area contributed by atoms with E-state index in [1.807, 2.05) is 6.92 Å². The first-order valence-corrected chi connectivity index (χ1v) is 11.1. The standard InChI is InChI=1S/C23H30N4O3/c1-16-24-22(30-26-16)23-12-20(25-21(28)18-7-9-29-10-8-18)11-19(23)14-27(15-23)13-17-5-3-2-4-6-17/h2-6,18-20H,7-15H2,1H3,(H,25,28). The van der Waals surface area contributed by atoms with Crippen LogP contribution >= 0.6 is 0 Å². The lowest BCUT2D eigenvalue weighted by Crippen LogP contribution is -2.41. The molecule has 0 spiro atoms. The molecular formula is C23H30N4O3. The topological polar surface area (TPSA) is 80.5 Å². The molecule has 3 fully saturated rings. The van der Waals surface area contributed by atoms with Gasteiger partial charge in [0, 0.05) is 44.8 Å². The normalized spacial score (nSPS) is 29.8. The van der Waals surface area contributed by atoms with Crippen LogP contribution in [0.4, 0.5) is 0 Å². The zero-order valence-electron chi connectivity index (χ0n) is 17.5. The highest BCUT2D eigenvalue weighted by atomic mass is 16.5. The van der Waals surface area contributed by atoms with Gasteiger partial charge in [0.25, 0.3) is 0 Å². The molecule has 1 N–H and O–H groups in total. The molecular weight excluding hydrogens is 380 g/mol. The van der Waals surface area contributed by atoms with Crippen LogP contribution < -0.4 is 5.32 Å². The Balaban J connectivity index is 1.31. The van der Waals surface area contributed by atoms with E-state index in [0.717, 1.165) is 51.2 Å². The Bertz CT molecular complexity index is 880. The number of benzene rings is 1. The number of nitrogens with one attached hydrogen (secondary N) is 1. The van der Waals surface area contributed by atoms with Gasteiger partial charge in [-0.1, -0.05) is 35.5 Å². The van der Waals surface area contributed by atoms with Crippen molar-refractivity contribution in [1.29, 1.82) is 0 Å². The molecule has 7 heteroatoms. The fraction of sp³-hybridized carbons (Fsp3) is 0.609. The van der Waals surface area contributed by atoms with E-state index < -0.39 is 0 Å². The van der Waals surface area contributed by atoms with Crippen molar-refractivity contribution in [2.45, 2.75) is 50.6 Å². The molecule has 1 aromatic carbocycles. The Labute approximate surface area is 177 Å². The molecule has 0 radical (unpaired) electrons. The number of likely N-dealkylation sites (tertiary alicyclic amines) is 1. The predicted octanol–water partition coefficient (Wildman–Crippen LogP) is 2.45. The van der Waals surface area contributed by atoms with Crippen LogP contribution in [0.1, 0.15) is 43.0 Å². The van der Waals surface area contributed by atoms with Gasteiger partial charge in [0.05, 0.1) is 5.41 Å². The number of aryl methyl sites for hydroxylation is 1. The van der Waals surface area contributed by atoms with Gasteiger partial charge in [-0.3, -0.25) is 9.69 Å². The number of carbonyl (C=O) groups is 1. The van der Waals surface area contributed by atoms with Gasteiger partial charge in [-0.15, -0.1) is 0 Å². The van der Waals surface area contributed by atoms with Crippen molar-refractivity contribution >= 4 is 5.91 Å². The molecule has 3 unspecified atom stereocenters. The monoisotopic (exact) mass is 410 g/mol. The van der Waals surface area contributed by atoms with E-state index in [2.05, 4.69) is 50.7 Å². The largest absolute Gasteiger partial charge is 0.381 e. The molecule has 5 rings (SSSR count). The number of amides is 1. The number of carbonyl (C=O) groups excluding carboxylic acids is 1. The van der Waals surface area contributed by atoms with Crippen molar-refractivity contribution in [2.75, 3.05) is 26.3 Å². The Morgan fingerprint density at radius 1 is 1.27 bits per heavy atom. The third-order valence-electron chi connectivity index (χ3n) is 7.09. The van der Waals surface area contributed by atoms with E-state index in [1.54, 1.807) is 0 Å². The first-order valence-electron chi connectivity index (χ1n) is 11.1. The maximum atomic E-state index is 12.8. The van der Waals surface area contributed by atoms with Crippen LogP contribution in [0.2, 0.25) is 0 Å². The number of nitrogens with zero attached hydrogens (tertiary/aromatic N) is 3. The number of fused-ring (bicyclic) bond motifs is 1. The van der Waals surface area contributed by atoms with Gasteiger partial charge < -0.3 is 14.6 Å². The van der Waals surface area contributed by atoms with E-state index in [4.69, 9.17) is 9.26 Å². The summed E-state index contributed by atoms with van der Waals surface area (Å²) in [4.78, 5) is 19.9. The Morgan fingerprint density at radius 3 is 2.80 bits per heavy atom. The van der Waals surface area contributed by atoms with Gasteiger partial charge >= 0.3 is 0 Å². The Morgan fingerprint density at radius 2 is 2.07 bits per heavy atom. The average molecular weight is 411 g/mol. The fourth-order valence-corrected chi connectivity index (χ4v) is 5.66. The fourth-order valence-electron chi connectivity index (χ4n) is 5.66. The van der Waals surface area contributed by atoms with Gasteiger partial charge in [0.2, 0.25) is 11.8 Å². The van der Waals surface area contributed by atoms with Gasteiger partial charge in [-0.25, -0.2) is 0 Å². The molecule has 160 valence electrons. The first-order chi connectivity index (χ1) is 14.6. The summed E-state index contributed by atoms with van der Waals surface area (Å²) >= 11 is 0. The van der Waals surface area contributed by atoms with E-state index in [9.17, 15) is 4.79 Å². The molecule has 3 atom stereocenters. The number of hydrogen-bond donors (Lipinski definition) is 1. The van der Waals surface area contributed by atoms with Crippen LogP contribution in [0.5, 0.6) is 0 Å². The third-order valence-corrected chi connectivity index (χ3v) is 7.09. The molecule has 1 amide bonds. The minimum Gasteiger partial charge on any atom is -0.381 e. The van der Waals surface area contributed by atoms with Crippen molar-refractivity contribution in [1.82, 2.24) is 20.4 Å². The predicted molar refractivity (Wildman–Crippen MR) is 111 cm³/mol. The summed E-state index contributed by atoms with van der Waals surface area (Å²) in [6.45, 7) is 6.04. The lowest BCUT2D eigenvalue weighted by Gasteiger charge is -2.27. The van der Waals surface area contributed by atoms with E-state index in [0.29, 0.717) is 25.0 Å². The maximum absolute atomic E-state index is 12.8. The molecule has 3 aliphatic rings.